The van der Waals surface area contributed by atoms with Crippen LogP contribution in [-0.2, 0) is 4.79 Å². The van der Waals surface area contributed by atoms with Crippen LogP contribution in [0.3, 0.4) is 0 Å². The summed E-state index contributed by atoms with van der Waals surface area (Å²) in [6, 6.07) is 6.25. The Morgan fingerprint density at radius 2 is 2.09 bits per heavy atom. The van der Waals surface area contributed by atoms with Crippen molar-refractivity contribution in [2.75, 3.05) is 18.4 Å². The van der Waals surface area contributed by atoms with Crippen LogP contribution in [0.2, 0.25) is 0 Å². The molecule has 1 amide bonds. The molecule has 0 spiro atoms. The van der Waals surface area contributed by atoms with Gasteiger partial charge in [0.2, 0.25) is 5.91 Å². The van der Waals surface area contributed by atoms with E-state index in [0.29, 0.717) is 0 Å². The minimum Gasteiger partial charge on any atom is -0.324 e. The van der Waals surface area contributed by atoms with Crippen LogP contribution in [0.4, 0.5) is 5.69 Å². The summed E-state index contributed by atoms with van der Waals surface area (Å²) in [4.78, 5) is 15.0. The number of rotatable bonds is 7. The molecule has 1 unspecified atom stereocenters. The molecular weight excluding hydrogens is 272 g/mol. The number of nitrogens with zero attached hydrogens (tertiary/aromatic N) is 1. The molecule has 22 heavy (non-hydrogen) atoms. The van der Waals surface area contributed by atoms with Gasteiger partial charge in [-0.3, -0.25) is 9.69 Å². The SMILES string of the molecule is CCCCCCN1CCCC1C(=O)Nc1ccc(C)cc1C. The van der Waals surface area contributed by atoms with Crippen LogP contribution < -0.4 is 5.32 Å². The van der Waals surface area contributed by atoms with Gasteiger partial charge >= 0.3 is 0 Å². The second-order valence-electron chi connectivity index (χ2n) is 6.56. The number of benzene rings is 1. The molecule has 0 radical (unpaired) electrons. The van der Waals surface area contributed by atoms with Crippen molar-refractivity contribution in [3.05, 3.63) is 29.3 Å². The molecule has 1 aliphatic heterocycles. The van der Waals surface area contributed by atoms with Crippen LogP contribution in [0.15, 0.2) is 18.2 Å². The summed E-state index contributed by atoms with van der Waals surface area (Å²) in [5, 5.41) is 3.13. The van der Waals surface area contributed by atoms with Crippen molar-refractivity contribution >= 4 is 11.6 Å². The number of aryl methyl sites for hydroxylation is 2. The second-order valence-corrected chi connectivity index (χ2v) is 6.56. The quantitative estimate of drug-likeness (QED) is 0.762. The normalized spacial score (nSPS) is 18.6. The van der Waals surface area contributed by atoms with E-state index in [9.17, 15) is 4.79 Å². The summed E-state index contributed by atoms with van der Waals surface area (Å²) in [6.45, 7) is 8.49. The monoisotopic (exact) mass is 302 g/mol. The number of amides is 1. The largest absolute Gasteiger partial charge is 0.324 e. The van der Waals surface area contributed by atoms with Gasteiger partial charge in [-0.25, -0.2) is 0 Å². The number of hydrogen-bond donors (Lipinski definition) is 1. The Bertz CT molecular complexity index is 498. The highest BCUT2D eigenvalue weighted by atomic mass is 16.2. The molecule has 1 aliphatic rings. The highest BCUT2D eigenvalue weighted by Gasteiger charge is 2.30. The third kappa shape index (κ3) is 4.57. The van der Waals surface area contributed by atoms with Crippen molar-refractivity contribution in [2.24, 2.45) is 0 Å². The third-order valence-electron chi connectivity index (χ3n) is 4.60. The number of carbonyl (C=O) groups is 1. The molecule has 0 bridgehead atoms. The van der Waals surface area contributed by atoms with Gasteiger partial charge in [0.15, 0.2) is 0 Å². The molecule has 0 aromatic heterocycles. The predicted octanol–water partition coefficient (Wildman–Crippen LogP) is 4.29. The fraction of sp³-hybridized carbons (Fsp3) is 0.632. The molecule has 2 rings (SSSR count). The number of hydrogen-bond acceptors (Lipinski definition) is 2. The second kappa shape index (κ2) is 8.33. The molecule has 1 N–H and O–H groups in total. The lowest BCUT2D eigenvalue weighted by atomic mass is 10.1. The van der Waals surface area contributed by atoms with Gasteiger partial charge in [-0.2, -0.15) is 0 Å². The highest BCUT2D eigenvalue weighted by Crippen LogP contribution is 2.22. The lowest BCUT2D eigenvalue weighted by Gasteiger charge is -2.24. The first-order chi connectivity index (χ1) is 10.6. The molecule has 1 aromatic rings. The van der Waals surface area contributed by atoms with E-state index in [0.717, 1.165) is 37.2 Å². The van der Waals surface area contributed by atoms with Gasteiger partial charge in [0.1, 0.15) is 0 Å². The van der Waals surface area contributed by atoms with Crippen molar-refractivity contribution in [1.82, 2.24) is 4.90 Å². The van der Waals surface area contributed by atoms with Gasteiger partial charge in [0, 0.05) is 5.69 Å². The molecular formula is C19H30N2O. The Labute approximate surface area is 135 Å². The van der Waals surface area contributed by atoms with E-state index in [1.165, 1.54) is 31.2 Å². The Morgan fingerprint density at radius 3 is 2.82 bits per heavy atom. The first-order valence-corrected chi connectivity index (χ1v) is 8.74. The van der Waals surface area contributed by atoms with Crippen molar-refractivity contribution < 1.29 is 4.79 Å². The molecule has 3 heteroatoms. The molecule has 3 nitrogen and oxygen atoms in total. The third-order valence-corrected chi connectivity index (χ3v) is 4.60. The van der Waals surface area contributed by atoms with Crippen LogP contribution in [0.5, 0.6) is 0 Å². The van der Waals surface area contributed by atoms with Crippen LogP contribution in [0.1, 0.15) is 56.6 Å². The fourth-order valence-corrected chi connectivity index (χ4v) is 3.30. The van der Waals surface area contributed by atoms with E-state index < -0.39 is 0 Å². The van der Waals surface area contributed by atoms with Crippen molar-refractivity contribution in [3.63, 3.8) is 0 Å². The zero-order valence-corrected chi connectivity index (χ0v) is 14.3. The standard InChI is InChI=1S/C19H30N2O/c1-4-5-6-7-12-21-13-8-9-18(21)19(22)20-17-11-10-15(2)14-16(17)3/h10-11,14,18H,4-9,12-13H2,1-3H3,(H,20,22). The average Bonchev–Trinajstić information content (AvgIpc) is 2.95. The van der Waals surface area contributed by atoms with Crippen LogP contribution >= 0.6 is 0 Å². The summed E-state index contributed by atoms with van der Waals surface area (Å²) in [5.41, 5.74) is 3.32. The fourth-order valence-electron chi connectivity index (χ4n) is 3.30. The maximum atomic E-state index is 12.6. The predicted molar refractivity (Wildman–Crippen MR) is 93.3 cm³/mol. The number of likely N-dealkylation sites (tertiary alicyclic amines) is 1. The molecule has 122 valence electrons. The van der Waals surface area contributed by atoms with Crippen LogP contribution in [0.25, 0.3) is 0 Å². The lowest BCUT2D eigenvalue weighted by molar-refractivity contribution is -0.120. The summed E-state index contributed by atoms with van der Waals surface area (Å²) in [7, 11) is 0. The maximum absolute atomic E-state index is 12.6. The number of nitrogens with one attached hydrogen (secondary N) is 1. The Kier molecular flexibility index (Phi) is 6.44. The van der Waals surface area contributed by atoms with E-state index in [-0.39, 0.29) is 11.9 Å². The van der Waals surface area contributed by atoms with E-state index in [2.05, 4.69) is 43.1 Å². The van der Waals surface area contributed by atoms with Gasteiger partial charge in [0.05, 0.1) is 6.04 Å². The smallest absolute Gasteiger partial charge is 0.241 e. The van der Waals surface area contributed by atoms with Gasteiger partial charge in [0.25, 0.3) is 0 Å². The summed E-state index contributed by atoms with van der Waals surface area (Å²) >= 11 is 0. The molecule has 1 fully saturated rings. The van der Waals surface area contributed by atoms with Crippen molar-refractivity contribution in [2.45, 2.75) is 65.3 Å². The number of carbonyl (C=O) groups excluding carboxylic acids is 1. The Balaban J connectivity index is 1.90. The summed E-state index contributed by atoms with van der Waals surface area (Å²) < 4.78 is 0. The first-order valence-electron chi connectivity index (χ1n) is 8.74. The van der Waals surface area contributed by atoms with Crippen LogP contribution in [-0.4, -0.2) is 29.9 Å². The molecule has 1 atom stereocenters. The molecule has 0 aliphatic carbocycles. The summed E-state index contributed by atoms with van der Waals surface area (Å²) in [6.07, 6.45) is 7.17. The molecule has 1 heterocycles. The van der Waals surface area contributed by atoms with Gasteiger partial charge in [-0.15, -0.1) is 0 Å². The summed E-state index contributed by atoms with van der Waals surface area (Å²) in [5.74, 6) is 0.167. The van der Waals surface area contributed by atoms with E-state index in [1.54, 1.807) is 0 Å². The average molecular weight is 302 g/mol. The topological polar surface area (TPSA) is 32.3 Å². The minimum atomic E-state index is 0.0577. The van der Waals surface area contributed by atoms with E-state index >= 15 is 0 Å². The van der Waals surface area contributed by atoms with E-state index in [1.807, 2.05) is 6.07 Å². The Morgan fingerprint density at radius 1 is 1.27 bits per heavy atom. The van der Waals surface area contributed by atoms with Gasteiger partial charge < -0.3 is 5.32 Å². The maximum Gasteiger partial charge on any atom is 0.241 e. The zero-order valence-electron chi connectivity index (χ0n) is 14.3. The molecule has 1 aromatic carbocycles. The molecule has 0 saturated carbocycles. The van der Waals surface area contributed by atoms with E-state index in [4.69, 9.17) is 0 Å². The lowest BCUT2D eigenvalue weighted by Crippen LogP contribution is -2.40. The van der Waals surface area contributed by atoms with Gasteiger partial charge in [-0.1, -0.05) is 43.9 Å². The Hall–Kier alpha value is -1.35. The van der Waals surface area contributed by atoms with Crippen LogP contribution in [0, 0.1) is 13.8 Å². The zero-order chi connectivity index (χ0) is 15.9. The first kappa shape index (κ1) is 17.0. The number of unbranched alkanes of at least 4 members (excludes halogenated alkanes) is 3. The minimum absolute atomic E-state index is 0.0577. The number of anilines is 1. The van der Waals surface area contributed by atoms with Crippen molar-refractivity contribution in [1.29, 1.82) is 0 Å². The van der Waals surface area contributed by atoms with Gasteiger partial charge in [-0.05, 0) is 57.8 Å². The highest BCUT2D eigenvalue weighted by molar-refractivity contribution is 5.95. The molecule has 1 saturated heterocycles. The van der Waals surface area contributed by atoms with Crippen molar-refractivity contribution in [3.8, 4) is 0 Å².